The minimum absolute atomic E-state index is 0.170. The van der Waals surface area contributed by atoms with Gasteiger partial charge in [0, 0.05) is 11.3 Å². The van der Waals surface area contributed by atoms with Gasteiger partial charge in [0.05, 0.1) is 5.75 Å². The van der Waals surface area contributed by atoms with Crippen molar-refractivity contribution in [3.05, 3.63) is 65.5 Å². The first kappa shape index (κ1) is 19.8. The molecule has 4 rings (SSSR count). The van der Waals surface area contributed by atoms with Crippen LogP contribution >= 0.6 is 11.8 Å². The number of H-pyrrole nitrogens is 1. The van der Waals surface area contributed by atoms with E-state index in [9.17, 15) is 0 Å². The normalized spacial score (nSPS) is 10.9. The topological polar surface area (TPSA) is 118 Å². The van der Waals surface area contributed by atoms with E-state index in [0.717, 1.165) is 29.1 Å². The molecule has 2 aromatic carbocycles. The summed E-state index contributed by atoms with van der Waals surface area (Å²) in [7, 11) is 0. The SMILES string of the molecule is CCc1ccc(-c2nc(SCc3nc(N)nc(Nc4ccccc4C)n3)n[nH]2)cc1. The number of benzene rings is 2. The molecule has 0 aliphatic rings. The fourth-order valence-electron chi connectivity index (χ4n) is 2.86. The number of hydrogen-bond acceptors (Lipinski definition) is 8. The zero-order valence-electron chi connectivity index (χ0n) is 16.8. The van der Waals surface area contributed by atoms with Crippen LogP contribution in [0.15, 0.2) is 53.7 Å². The van der Waals surface area contributed by atoms with E-state index in [4.69, 9.17) is 5.73 Å². The first-order valence-corrected chi connectivity index (χ1v) is 10.6. The summed E-state index contributed by atoms with van der Waals surface area (Å²) in [6.07, 6.45) is 1.01. The molecular weight excluding hydrogens is 396 g/mol. The Morgan fingerprint density at radius 3 is 2.57 bits per heavy atom. The lowest BCUT2D eigenvalue weighted by molar-refractivity contribution is 0.955. The van der Waals surface area contributed by atoms with Gasteiger partial charge in [-0.15, -0.1) is 5.10 Å². The van der Waals surface area contributed by atoms with E-state index in [1.54, 1.807) is 0 Å². The predicted molar refractivity (Wildman–Crippen MR) is 119 cm³/mol. The van der Waals surface area contributed by atoms with Gasteiger partial charge in [-0.05, 0) is 30.5 Å². The van der Waals surface area contributed by atoms with E-state index in [2.05, 4.69) is 54.5 Å². The molecule has 0 fully saturated rings. The molecule has 4 aromatic rings. The summed E-state index contributed by atoms with van der Waals surface area (Å²) in [5, 5.41) is 11.1. The molecule has 2 heterocycles. The van der Waals surface area contributed by atoms with Crippen LogP contribution in [0.1, 0.15) is 23.9 Å². The van der Waals surface area contributed by atoms with Gasteiger partial charge in [-0.2, -0.15) is 15.0 Å². The van der Waals surface area contributed by atoms with Crippen LogP contribution in [-0.2, 0) is 12.2 Å². The maximum absolute atomic E-state index is 5.87. The molecule has 0 spiro atoms. The number of aryl methyl sites for hydroxylation is 2. The van der Waals surface area contributed by atoms with E-state index in [-0.39, 0.29) is 5.95 Å². The number of rotatable bonds is 7. The summed E-state index contributed by atoms with van der Waals surface area (Å²) in [6.45, 7) is 4.15. The molecule has 0 saturated heterocycles. The van der Waals surface area contributed by atoms with Crippen LogP contribution in [0.2, 0.25) is 0 Å². The smallest absolute Gasteiger partial charge is 0.232 e. The lowest BCUT2D eigenvalue weighted by atomic mass is 10.1. The highest BCUT2D eigenvalue weighted by Crippen LogP contribution is 2.23. The van der Waals surface area contributed by atoms with Gasteiger partial charge in [0.25, 0.3) is 0 Å². The van der Waals surface area contributed by atoms with Crippen molar-refractivity contribution in [2.75, 3.05) is 11.1 Å². The molecule has 9 heteroatoms. The molecule has 8 nitrogen and oxygen atoms in total. The third kappa shape index (κ3) is 4.74. The molecule has 2 aromatic heterocycles. The highest BCUT2D eigenvalue weighted by atomic mass is 32.2. The highest BCUT2D eigenvalue weighted by Gasteiger charge is 2.10. The standard InChI is InChI=1S/C21H22N8S/c1-3-14-8-10-15(11-9-14)18-26-21(29-28-18)30-12-17-24-19(22)27-20(25-17)23-16-7-5-4-6-13(16)2/h4-11H,3,12H2,1-2H3,(H,26,28,29)(H3,22,23,24,25,27). The van der Waals surface area contributed by atoms with E-state index in [1.807, 2.05) is 43.3 Å². The number of thioether (sulfide) groups is 1. The van der Waals surface area contributed by atoms with E-state index < -0.39 is 0 Å². The van der Waals surface area contributed by atoms with E-state index >= 15 is 0 Å². The fourth-order valence-corrected chi connectivity index (χ4v) is 3.51. The van der Waals surface area contributed by atoms with Gasteiger partial charge in [0.1, 0.15) is 5.82 Å². The third-order valence-corrected chi connectivity index (χ3v) is 5.36. The summed E-state index contributed by atoms with van der Waals surface area (Å²) in [5.74, 6) is 2.35. The predicted octanol–water partition coefficient (Wildman–Crippen LogP) is 4.15. The quantitative estimate of drug-likeness (QED) is 0.383. The lowest BCUT2D eigenvalue weighted by Crippen LogP contribution is -2.07. The first-order valence-electron chi connectivity index (χ1n) is 9.58. The van der Waals surface area contributed by atoms with Crippen LogP contribution in [0, 0.1) is 6.92 Å². The van der Waals surface area contributed by atoms with Gasteiger partial charge in [-0.1, -0.05) is 61.2 Å². The Labute approximate surface area is 178 Å². The van der Waals surface area contributed by atoms with E-state index in [1.165, 1.54) is 17.3 Å². The van der Waals surface area contributed by atoms with Gasteiger partial charge in [-0.25, -0.2) is 4.98 Å². The van der Waals surface area contributed by atoms with Crippen molar-refractivity contribution >= 4 is 29.3 Å². The molecule has 0 radical (unpaired) electrons. The Morgan fingerprint density at radius 1 is 1.00 bits per heavy atom. The Kier molecular flexibility index (Phi) is 5.89. The van der Waals surface area contributed by atoms with Gasteiger partial charge >= 0.3 is 0 Å². The molecule has 152 valence electrons. The maximum atomic E-state index is 5.87. The minimum atomic E-state index is 0.170. The average Bonchev–Trinajstić information content (AvgIpc) is 3.23. The van der Waals surface area contributed by atoms with Crippen molar-refractivity contribution in [2.45, 2.75) is 31.2 Å². The molecule has 0 bridgehead atoms. The molecule has 4 N–H and O–H groups in total. The number of anilines is 3. The van der Waals surface area contributed by atoms with Crippen molar-refractivity contribution in [2.24, 2.45) is 0 Å². The van der Waals surface area contributed by atoms with Gasteiger partial charge in [0.15, 0.2) is 5.82 Å². The molecule has 0 unspecified atom stereocenters. The number of aromatic nitrogens is 6. The summed E-state index contributed by atoms with van der Waals surface area (Å²) >= 11 is 1.43. The number of para-hydroxylation sites is 1. The van der Waals surface area contributed by atoms with Crippen molar-refractivity contribution in [1.82, 2.24) is 30.1 Å². The number of nitrogens with one attached hydrogen (secondary N) is 2. The molecular formula is C21H22N8S. The zero-order valence-corrected chi connectivity index (χ0v) is 17.6. The number of hydrogen-bond donors (Lipinski definition) is 3. The minimum Gasteiger partial charge on any atom is -0.368 e. The molecule has 30 heavy (non-hydrogen) atoms. The number of aromatic amines is 1. The second kappa shape index (κ2) is 8.91. The Morgan fingerprint density at radius 2 is 1.80 bits per heavy atom. The summed E-state index contributed by atoms with van der Waals surface area (Å²) < 4.78 is 0. The van der Waals surface area contributed by atoms with Crippen LogP contribution in [0.25, 0.3) is 11.4 Å². The van der Waals surface area contributed by atoms with Crippen LogP contribution < -0.4 is 11.1 Å². The Hall–Kier alpha value is -3.46. The summed E-state index contributed by atoms with van der Waals surface area (Å²) in [4.78, 5) is 17.4. The van der Waals surface area contributed by atoms with Crippen molar-refractivity contribution < 1.29 is 0 Å². The van der Waals surface area contributed by atoms with Crippen LogP contribution in [0.3, 0.4) is 0 Å². The highest BCUT2D eigenvalue weighted by molar-refractivity contribution is 7.98. The average molecular weight is 419 g/mol. The number of nitrogens with two attached hydrogens (primary N) is 1. The second-order valence-electron chi connectivity index (χ2n) is 6.68. The van der Waals surface area contributed by atoms with Gasteiger partial charge < -0.3 is 11.1 Å². The molecule has 0 saturated carbocycles. The molecule has 0 atom stereocenters. The van der Waals surface area contributed by atoms with Crippen LogP contribution in [-0.4, -0.2) is 30.1 Å². The number of nitrogens with zero attached hydrogens (tertiary/aromatic N) is 5. The fraction of sp³-hybridized carbons (Fsp3) is 0.190. The largest absolute Gasteiger partial charge is 0.368 e. The van der Waals surface area contributed by atoms with Crippen LogP contribution in [0.5, 0.6) is 0 Å². The number of nitrogen functional groups attached to an aromatic ring is 1. The van der Waals surface area contributed by atoms with Crippen molar-refractivity contribution in [3.8, 4) is 11.4 Å². The van der Waals surface area contributed by atoms with Crippen LogP contribution in [0.4, 0.5) is 17.6 Å². The van der Waals surface area contributed by atoms with Gasteiger partial charge in [0.2, 0.25) is 17.1 Å². The zero-order chi connectivity index (χ0) is 20.9. The van der Waals surface area contributed by atoms with Crippen molar-refractivity contribution in [3.63, 3.8) is 0 Å². The Bertz CT molecular complexity index is 1140. The second-order valence-corrected chi connectivity index (χ2v) is 7.62. The lowest BCUT2D eigenvalue weighted by Gasteiger charge is -2.09. The maximum Gasteiger partial charge on any atom is 0.232 e. The van der Waals surface area contributed by atoms with E-state index in [0.29, 0.717) is 22.7 Å². The molecule has 0 aliphatic carbocycles. The summed E-state index contributed by atoms with van der Waals surface area (Å²) in [6, 6.07) is 16.2. The third-order valence-electron chi connectivity index (χ3n) is 4.52. The van der Waals surface area contributed by atoms with Crippen molar-refractivity contribution in [1.29, 1.82) is 0 Å². The van der Waals surface area contributed by atoms with Gasteiger partial charge in [-0.3, -0.25) is 5.10 Å². The Balaban J connectivity index is 1.44. The first-order chi connectivity index (χ1) is 14.6. The molecule has 0 aliphatic heterocycles. The summed E-state index contributed by atoms with van der Waals surface area (Å²) in [5.41, 5.74) is 10.2. The monoisotopic (exact) mass is 418 g/mol. The molecule has 0 amide bonds.